The van der Waals surface area contributed by atoms with Crippen LogP contribution < -0.4 is 20.6 Å². The van der Waals surface area contributed by atoms with Gasteiger partial charge in [-0.1, -0.05) is 27.7 Å². The number of nitrogens with zero attached hydrogens (tertiary/aromatic N) is 4. The Bertz CT molecular complexity index is 1340. The van der Waals surface area contributed by atoms with E-state index in [1.165, 1.54) is 10.9 Å². The normalized spacial score (nSPS) is 21.3. The summed E-state index contributed by atoms with van der Waals surface area (Å²) in [5.41, 5.74) is 6.33. The van der Waals surface area contributed by atoms with Crippen molar-refractivity contribution in [2.75, 3.05) is 38.8 Å². The number of ether oxygens (including phenoxy) is 4. The molecule has 3 rings (SSSR count). The van der Waals surface area contributed by atoms with E-state index in [9.17, 15) is 19.1 Å². The van der Waals surface area contributed by atoms with E-state index in [1.54, 1.807) is 20.8 Å². The van der Waals surface area contributed by atoms with Crippen molar-refractivity contribution in [3.63, 3.8) is 0 Å². The van der Waals surface area contributed by atoms with Crippen LogP contribution in [0.3, 0.4) is 0 Å². The van der Waals surface area contributed by atoms with Gasteiger partial charge in [0, 0.05) is 5.92 Å². The molecule has 1 fully saturated rings. The van der Waals surface area contributed by atoms with Crippen molar-refractivity contribution in [1.29, 1.82) is 0 Å². The minimum atomic E-state index is -4.51. The topological polar surface area (TPSA) is 211 Å². The maximum Gasteiger partial charge on any atom is 0.342 e. The van der Waals surface area contributed by atoms with Crippen LogP contribution in [0, 0.1) is 17.8 Å². The van der Waals surface area contributed by atoms with Gasteiger partial charge in [-0.3, -0.25) is 27.6 Å². The zero-order chi connectivity index (χ0) is 34.9. The van der Waals surface area contributed by atoms with Crippen LogP contribution >= 0.6 is 7.67 Å². The summed E-state index contributed by atoms with van der Waals surface area (Å²) in [6.45, 7) is 11.3. The Balaban J connectivity index is 2.16. The van der Waals surface area contributed by atoms with Crippen molar-refractivity contribution >= 4 is 36.7 Å². The maximum atomic E-state index is 15.0. The third kappa shape index (κ3) is 9.80. The SMILES string of the molecule is CCOC(=O)[C@H](CC(C)C)NP(=O)(N[C@@H](CC(C)C)C(=O)OCC)O[C@@H]1[C@H](CF)[C@@H](CO)O[C@H]1n1cnc2c(OCC)nc(N)nc21. The van der Waals surface area contributed by atoms with E-state index in [4.69, 9.17) is 29.2 Å². The predicted molar refractivity (Wildman–Crippen MR) is 170 cm³/mol. The molecule has 0 bridgehead atoms. The number of carbonyl (C=O) groups is 2. The van der Waals surface area contributed by atoms with Crippen LogP contribution in [0.25, 0.3) is 11.2 Å². The number of nitrogens with two attached hydrogens (primary N) is 1. The Morgan fingerprint density at radius 2 is 1.62 bits per heavy atom. The molecular formula is C29H49FN7O9P. The number of fused-ring (bicyclic) bond motifs is 1. The van der Waals surface area contributed by atoms with E-state index in [-0.39, 0.29) is 67.5 Å². The van der Waals surface area contributed by atoms with Crippen LogP contribution in [0.2, 0.25) is 0 Å². The Hall–Kier alpha value is -2.95. The summed E-state index contributed by atoms with van der Waals surface area (Å²) < 4.78 is 59.7. The van der Waals surface area contributed by atoms with Gasteiger partial charge in [0.15, 0.2) is 17.4 Å². The second-order valence-electron chi connectivity index (χ2n) is 12.0. The smallest absolute Gasteiger partial charge is 0.342 e. The van der Waals surface area contributed by atoms with E-state index in [2.05, 4.69) is 25.1 Å². The number of aliphatic hydroxyl groups is 1. The van der Waals surface area contributed by atoms with E-state index < -0.39 is 69.3 Å². The zero-order valence-electron chi connectivity index (χ0n) is 28.1. The molecule has 1 aliphatic rings. The minimum absolute atomic E-state index is 0.0520. The van der Waals surface area contributed by atoms with Gasteiger partial charge in [-0.2, -0.15) is 9.97 Å². The van der Waals surface area contributed by atoms with Crippen LogP contribution in [0.1, 0.15) is 67.5 Å². The fraction of sp³-hybridized carbons (Fsp3) is 0.759. The van der Waals surface area contributed by atoms with Crippen LogP contribution in [0.5, 0.6) is 5.88 Å². The second kappa shape index (κ2) is 17.4. The first-order chi connectivity index (χ1) is 22.3. The van der Waals surface area contributed by atoms with Gasteiger partial charge in [0.05, 0.1) is 45.5 Å². The van der Waals surface area contributed by atoms with Crippen LogP contribution in [-0.4, -0.2) is 94.0 Å². The van der Waals surface area contributed by atoms with E-state index in [0.29, 0.717) is 0 Å². The number of halogens is 1. The Kier molecular flexibility index (Phi) is 14.3. The number of carbonyl (C=O) groups excluding carboxylic acids is 2. The van der Waals surface area contributed by atoms with Crippen molar-refractivity contribution < 1.29 is 47.1 Å². The average Bonchev–Trinajstić information content (AvgIpc) is 3.56. The summed E-state index contributed by atoms with van der Waals surface area (Å²) in [6, 6.07) is -2.27. The summed E-state index contributed by atoms with van der Waals surface area (Å²) in [5.74, 6) is -2.65. The van der Waals surface area contributed by atoms with Gasteiger partial charge in [-0.05, 0) is 45.4 Å². The highest BCUT2D eigenvalue weighted by atomic mass is 31.2. The molecule has 0 spiro atoms. The number of imidazole rings is 1. The lowest BCUT2D eigenvalue weighted by Crippen LogP contribution is -2.47. The van der Waals surface area contributed by atoms with Gasteiger partial charge in [0.25, 0.3) is 0 Å². The van der Waals surface area contributed by atoms with Gasteiger partial charge < -0.3 is 29.8 Å². The molecule has 0 amide bonds. The molecule has 266 valence electrons. The van der Waals surface area contributed by atoms with Gasteiger partial charge in [-0.15, -0.1) is 0 Å². The van der Waals surface area contributed by atoms with Crippen molar-refractivity contribution in [2.24, 2.45) is 17.8 Å². The summed E-state index contributed by atoms with van der Waals surface area (Å²) in [4.78, 5) is 38.9. The van der Waals surface area contributed by atoms with Gasteiger partial charge >= 0.3 is 19.6 Å². The van der Waals surface area contributed by atoms with Crippen molar-refractivity contribution in [1.82, 2.24) is 29.7 Å². The number of nitrogens with one attached hydrogen (secondary N) is 2. The predicted octanol–water partition coefficient (Wildman–Crippen LogP) is 2.91. The molecule has 5 N–H and O–H groups in total. The number of esters is 2. The quantitative estimate of drug-likeness (QED) is 0.123. The lowest BCUT2D eigenvalue weighted by atomic mass is 10.00. The molecule has 16 nitrogen and oxygen atoms in total. The highest BCUT2D eigenvalue weighted by Gasteiger charge is 2.51. The molecule has 6 atom stereocenters. The van der Waals surface area contributed by atoms with E-state index >= 15 is 4.57 Å². The molecule has 18 heteroatoms. The van der Waals surface area contributed by atoms with Gasteiger partial charge in [0.2, 0.25) is 11.8 Å². The third-order valence-corrected chi connectivity index (χ3v) is 9.14. The number of alkyl halides is 1. The Morgan fingerprint density at radius 1 is 1.04 bits per heavy atom. The molecule has 2 aromatic heterocycles. The maximum absolute atomic E-state index is 15.0. The van der Waals surface area contributed by atoms with Crippen LogP contribution in [0.4, 0.5) is 10.3 Å². The number of anilines is 1. The number of nitrogen functional groups attached to an aromatic ring is 1. The third-order valence-electron chi connectivity index (χ3n) is 7.29. The first-order valence-corrected chi connectivity index (χ1v) is 17.6. The molecule has 1 aliphatic heterocycles. The molecule has 3 heterocycles. The highest BCUT2D eigenvalue weighted by molar-refractivity contribution is 7.54. The lowest BCUT2D eigenvalue weighted by molar-refractivity contribution is -0.146. The number of aliphatic hydroxyl groups excluding tert-OH is 1. The molecule has 1 saturated heterocycles. The second-order valence-corrected chi connectivity index (χ2v) is 13.8. The summed E-state index contributed by atoms with van der Waals surface area (Å²) in [6.07, 6.45) is -2.00. The molecule has 2 aromatic rings. The first-order valence-electron chi connectivity index (χ1n) is 15.9. The molecule has 0 saturated carbocycles. The van der Waals surface area contributed by atoms with Crippen molar-refractivity contribution in [3.05, 3.63) is 6.33 Å². The van der Waals surface area contributed by atoms with Crippen LogP contribution in [-0.2, 0) is 32.9 Å². The van der Waals surface area contributed by atoms with Crippen molar-refractivity contribution in [2.45, 2.75) is 91.8 Å². The molecule has 47 heavy (non-hydrogen) atoms. The zero-order valence-corrected chi connectivity index (χ0v) is 28.9. The van der Waals surface area contributed by atoms with E-state index in [1.807, 2.05) is 27.7 Å². The monoisotopic (exact) mass is 689 g/mol. The van der Waals surface area contributed by atoms with Crippen LogP contribution in [0.15, 0.2) is 6.33 Å². The summed E-state index contributed by atoms with van der Waals surface area (Å²) in [7, 11) is -4.51. The Labute approximate surface area is 274 Å². The van der Waals surface area contributed by atoms with Gasteiger partial charge in [0.1, 0.15) is 18.2 Å². The molecule has 0 unspecified atom stereocenters. The molecular weight excluding hydrogens is 640 g/mol. The first kappa shape index (κ1) is 38.5. The van der Waals surface area contributed by atoms with Crippen molar-refractivity contribution in [3.8, 4) is 5.88 Å². The fourth-order valence-electron chi connectivity index (χ4n) is 5.34. The van der Waals surface area contributed by atoms with E-state index in [0.717, 1.165) is 0 Å². The number of hydrogen-bond donors (Lipinski definition) is 4. The minimum Gasteiger partial charge on any atom is -0.476 e. The molecule has 0 aromatic carbocycles. The standard InChI is InChI=1S/C29H49FN7O9P/c1-8-42-25-22-24(33-29(31)34-25)37(15-32-22)26-23(18(13-30)21(14-38)45-26)46-47(41,35-19(11-16(4)5)27(39)43-9-2)36-20(12-17(6)7)28(40)44-10-3/h15-21,23,26,38H,8-14H2,1-7H3,(H2,31,33,34)(H2,35,36,41)/t18-,19+,20+,21-,23-,26-/m1/s1. The lowest BCUT2D eigenvalue weighted by Gasteiger charge is -2.33. The average molecular weight is 690 g/mol. The summed E-state index contributed by atoms with van der Waals surface area (Å²) in [5, 5.41) is 15.8. The highest BCUT2D eigenvalue weighted by Crippen LogP contribution is 2.49. The van der Waals surface area contributed by atoms with Gasteiger partial charge in [-0.25, -0.2) is 15.2 Å². The number of aromatic nitrogens is 4. The largest absolute Gasteiger partial charge is 0.476 e. The number of hydrogen-bond acceptors (Lipinski definition) is 13. The Morgan fingerprint density at radius 3 is 2.09 bits per heavy atom. The molecule has 0 radical (unpaired) electrons. The fourth-order valence-corrected chi connectivity index (χ4v) is 7.38. The molecule has 0 aliphatic carbocycles. The summed E-state index contributed by atoms with van der Waals surface area (Å²) >= 11 is 0. The number of rotatable bonds is 19.